The third kappa shape index (κ3) is 1.92. The Morgan fingerprint density at radius 1 is 2.25 bits per heavy atom. The van der Waals surface area contributed by atoms with Crippen molar-refractivity contribution in [1.82, 2.24) is 5.48 Å². The normalized spacial score (nSPS) is 10.8. The molecular formula is C2H7NO. The molecule has 0 aromatic rings. The van der Waals surface area contributed by atoms with E-state index in [1.807, 2.05) is 0 Å². The fraction of sp³-hybridized carbons (Fsp3) is 1.00. The number of rotatable bonds is 1. The summed E-state index contributed by atoms with van der Waals surface area (Å²) in [6.45, 7) is 0. The smallest absolute Gasteiger partial charge is 0.0572 e. The van der Waals surface area contributed by atoms with Crippen molar-refractivity contribution in [1.29, 1.82) is 0 Å². The maximum atomic E-state index is 6.37. The fourth-order valence-electron chi connectivity index (χ4n) is 0. The molecule has 0 spiro atoms. The van der Waals surface area contributed by atoms with Gasteiger partial charge in [0, 0.05) is 8.39 Å². The first kappa shape index (κ1) is 2.18. The van der Waals surface area contributed by atoms with Crippen LogP contribution in [-0.2, 0) is 4.84 Å². The first-order valence-corrected chi connectivity index (χ1v) is 0.966. The Morgan fingerprint density at radius 2 is 3.00 bits per heavy atom. The van der Waals surface area contributed by atoms with Crippen molar-refractivity contribution in [3.8, 4) is 0 Å². The number of hydrogen-bond donors (Lipinski definition) is 1. The van der Waals surface area contributed by atoms with Crippen LogP contribution >= 0.6 is 0 Å². The average molecular weight is 62.1 g/mol. The highest BCUT2D eigenvalue weighted by Gasteiger charge is 1.45. The quantitative estimate of drug-likeness (QED) is 0.423. The van der Waals surface area contributed by atoms with Crippen molar-refractivity contribution in [3.05, 3.63) is 0 Å². The zero-order valence-electron chi connectivity index (χ0n) is 3.62. The predicted molar refractivity (Wildman–Crippen MR) is 16.1 cm³/mol. The third-order valence-corrected chi connectivity index (χ3v) is 0.144. The van der Waals surface area contributed by atoms with Gasteiger partial charge in [0.15, 0.2) is 0 Å². The number of nitrogens with one attached hydrogen (secondary N) is 1. The Labute approximate surface area is 27.1 Å². The molecule has 0 unspecified atom stereocenters. The van der Waals surface area contributed by atoms with Crippen LogP contribution in [0.1, 0.15) is 1.37 Å². The number of hydrogen-bond acceptors (Lipinski definition) is 2. The summed E-state index contributed by atoms with van der Waals surface area (Å²) in [7, 11) is 1.60. The average Bonchev–Trinajstić information content (AvgIpc) is 1.41. The highest BCUT2D eigenvalue weighted by atomic mass is 16.6. The molecule has 0 fully saturated rings. The van der Waals surface area contributed by atoms with Gasteiger partial charge in [0.1, 0.15) is 0 Å². The standard InChI is InChI=1S/C2H7NO/c1-3-4-2/h3H,1-2H3/i1D. The molecule has 0 radical (unpaired) electrons. The van der Waals surface area contributed by atoms with E-state index < -0.39 is 0 Å². The molecule has 26 valence electrons. The molecular weight excluding hydrogens is 54.0 g/mol. The molecule has 2 nitrogen and oxygen atoms in total. The molecule has 0 aliphatic rings. The monoisotopic (exact) mass is 62.1 g/mol. The van der Waals surface area contributed by atoms with E-state index in [9.17, 15) is 0 Å². The Bertz CT molecular complexity index is 17.1. The molecule has 0 aliphatic heterocycles. The second-order valence-electron chi connectivity index (χ2n) is 0.348. The van der Waals surface area contributed by atoms with Crippen molar-refractivity contribution in [2.75, 3.05) is 14.1 Å². The van der Waals surface area contributed by atoms with Crippen LogP contribution in [0, 0.1) is 0 Å². The van der Waals surface area contributed by atoms with Crippen molar-refractivity contribution in [3.63, 3.8) is 0 Å². The zero-order chi connectivity index (χ0) is 4.12. The minimum Gasteiger partial charge on any atom is -0.305 e. The van der Waals surface area contributed by atoms with E-state index in [4.69, 9.17) is 1.37 Å². The van der Waals surface area contributed by atoms with Crippen LogP contribution in [0.15, 0.2) is 0 Å². The lowest BCUT2D eigenvalue weighted by atomic mass is 11.5. The van der Waals surface area contributed by atoms with Gasteiger partial charge in [-0.15, -0.1) is 0 Å². The van der Waals surface area contributed by atoms with Crippen LogP contribution in [0.4, 0.5) is 0 Å². The molecule has 0 rings (SSSR count). The Morgan fingerprint density at radius 3 is 3.00 bits per heavy atom. The molecule has 0 saturated carbocycles. The van der Waals surface area contributed by atoms with Gasteiger partial charge in [-0.1, -0.05) is 0 Å². The molecule has 2 heteroatoms. The van der Waals surface area contributed by atoms with E-state index in [-0.39, 0.29) is 7.02 Å². The molecule has 1 N–H and O–H groups in total. The van der Waals surface area contributed by atoms with Gasteiger partial charge in [0.2, 0.25) is 0 Å². The summed E-state index contributed by atoms with van der Waals surface area (Å²) in [5.74, 6) is 0. The molecule has 4 heavy (non-hydrogen) atoms. The van der Waals surface area contributed by atoms with Crippen LogP contribution in [0.2, 0.25) is 0 Å². The largest absolute Gasteiger partial charge is 0.305 e. The first-order chi connectivity index (χ1) is 2.41. The maximum absolute atomic E-state index is 6.37. The van der Waals surface area contributed by atoms with Crippen molar-refractivity contribution in [2.45, 2.75) is 0 Å². The minimum absolute atomic E-state index is 0.122. The van der Waals surface area contributed by atoms with Crippen LogP contribution in [0.3, 0.4) is 0 Å². The molecule has 0 aromatic heterocycles. The summed E-state index contributed by atoms with van der Waals surface area (Å²) in [6.07, 6.45) is 0. The SMILES string of the molecule is [2H]CNOC. The first-order valence-electron chi connectivity index (χ1n) is 1.67. The van der Waals surface area contributed by atoms with Crippen LogP contribution in [-0.4, -0.2) is 14.1 Å². The Hall–Kier alpha value is -0.0800. The Balaban J connectivity index is 2.19. The van der Waals surface area contributed by atoms with E-state index in [0.717, 1.165) is 0 Å². The summed E-state index contributed by atoms with van der Waals surface area (Å²) in [6, 6.07) is 0. The molecule has 0 aliphatic carbocycles. The van der Waals surface area contributed by atoms with Gasteiger partial charge < -0.3 is 4.84 Å². The van der Waals surface area contributed by atoms with Gasteiger partial charge in [0.25, 0.3) is 0 Å². The van der Waals surface area contributed by atoms with E-state index in [1.54, 1.807) is 0 Å². The second kappa shape index (κ2) is 2.92. The van der Waals surface area contributed by atoms with Crippen molar-refractivity contribution < 1.29 is 6.21 Å². The van der Waals surface area contributed by atoms with E-state index >= 15 is 0 Å². The van der Waals surface area contributed by atoms with Crippen molar-refractivity contribution >= 4 is 0 Å². The summed E-state index contributed by atoms with van der Waals surface area (Å²) >= 11 is 0. The predicted octanol–water partition coefficient (Wildman–Crippen LogP) is -0.233. The van der Waals surface area contributed by atoms with Gasteiger partial charge in [-0.25, -0.2) is 5.48 Å². The van der Waals surface area contributed by atoms with Gasteiger partial charge >= 0.3 is 0 Å². The van der Waals surface area contributed by atoms with Gasteiger partial charge in [-0.05, 0) is 0 Å². The van der Waals surface area contributed by atoms with Gasteiger partial charge in [0.05, 0.1) is 7.11 Å². The Kier molecular flexibility index (Phi) is 1.59. The lowest BCUT2D eigenvalue weighted by molar-refractivity contribution is 0.112. The van der Waals surface area contributed by atoms with Gasteiger partial charge in [-0.2, -0.15) is 0 Å². The van der Waals surface area contributed by atoms with Crippen LogP contribution < -0.4 is 5.48 Å². The molecule has 0 atom stereocenters. The molecule has 0 saturated heterocycles. The van der Waals surface area contributed by atoms with E-state index in [0.29, 0.717) is 0 Å². The van der Waals surface area contributed by atoms with E-state index in [1.165, 1.54) is 7.11 Å². The fourth-order valence-corrected chi connectivity index (χ4v) is 0. The number of hydroxylamine groups is 1. The van der Waals surface area contributed by atoms with Crippen LogP contribution in [0.5, 0.6) is 0 Å². The van der Waals surface area contributed by atoms with Crippen molar-refractivity contribution in [2.24, 2.45) is 0 Å². The summed E-state index contributed by atoms with van der Waals surface area (Å²) < 4.78 is 6.37. The molecule has 0 amide bonds. The highest BCUT2D eigenvalue weighted by Crippen LogP contribution is 1.32. The van der Waals surface area contributed by atoms with Gasteiger partial charge in [-0.3, -0.25) is 0 Å². The summed E-state index contributed by atoms with van der Waals surface area (Å²) in [5, 5.41) is 0. The zero-order valence-corrected chi connectivity index (χ0v) is 2.62. The molecule has 0 aromatic carbocycles. The lowest BCUT2D eigenvalue weighted by Crippen LogP contribution is -2.00. The van der Waals surface area contributed by atoms with E-state index in [2.05, 4.69) is 10.3 Å². The summed E-state index contributed by atoms with van der Waals surface area (Å²) in [4.78, 5) is 4.25. The second-order valence-corrected chi connectivity index (χ2v) is 0.348. The molecule has 0 bridgehead atoms. The minimum atomic E-state index is 0.122. The highest BCUT2D eigenvalue weighted by molar-refractivity contribution is 3.76. The lowest BCUT2D eigenvalue weighted by Gasteiger charge is -1.80. The summed E-state index contributed by atoms with van der Waals surface area (Å²) in [5.41, 5.74) is 2.28. The topological polar surface area (TPSA) is 21.3 Å². The third-order valence-electron chi connectivity index (χ3n) is 0.144. The maximum Gasteiger partial charge on any atom is 0.0572 e. The van der Waals surface area contributed by atoms with Crippen LogP contribution in [0.25, 0.3) is 0 Å². The molecule has 0 heterocycles.